The third-order valence-electron chi connectivity index (χ3n) is 2.18. The van der Waals surface area contributed by atoms with Gasteiger partial charge in [0.25, 0.3) is 0 Å². The second-order valence-corrected chi connectivity index (χ2v) is 3.25. The Morgan fingerprint density at radius 2 is 1.69 bits per heavy atom. The van der Waals surface area contributed by atoms with Crippen LogP contribution in [0.2, 0.25) is 0 Å². The number of benzene rings is 1. The number of rotatable bonds is 4. The highest BCUT2D eigenvalue weighted by Gasteiger charge is 2.08. The number of nitrogens with one attached hydrogen (secondary N) is 2. The van der Waals surface area contributed by atoms with Gasteiger partial charge in [-0.3, -0.25) is 11.3 Å². The summed E-state index contributed by atoms with van der Waals surface area (Å²) < 4.78 is 0. The predicted octanol–water partition coefficient (Wildman–Crippen LogP) is 1.34. The SMILES string of the molecule is C[C@@H](NN)[C@@H](C)Nc1ccccc1. The summed E-state index contributed by atoms with van der Waals surface area (Å²) in [5.74, 6) is 5.34. The summed E-state index contributed by atoms with van der Waals surface area (Å²) in [5.41, 5.74) is 3.84. The molecule has 4 N–H and O–H groups in total. The van der Waals surface area contributed by atoms with Crippen LogP contribution in [0.25, 0.3) is 0 Å². The van der Waals surface area contributed by atoms with Gasteiger partial charge in [0.15, 0.2) is 0 Å². The zero-order chi connectivity index (χ0) is 9.68. The van der Waals surface area contributed by atoms with Gasteiger partial charge in [-0.1, -0.05) is 18.2 Å². The minimum absolute atomic E-state index is 0.250. The Bertz CT molecular complexity index is 235. The Morgan fingerprint density at radius 3 is 2.23 bits per heavy atom. The van der Waals surface area contributed by atoms with E-state index in [1.807, 2.05) is 37.3 Å². The van der Waals surface area contributed by atoms with Gasteiger partial charge in [0, 0.05) is 17.8 Å². The average Bonchev–Trinajstić information content (AvgIpc) is 2.18. The van der Waals surface area contributed by atoms with Gasteiger partial charge >= 0.3 is 0 Å². The second kappa shape index (κ2) is 4.84. The Balaban J connectivity index is 2.50. The standard InChI is InChI=1S/C10H17N3/c1-8(9(2)13-11)12-10-6-4-3-5-7-10/h3-9,12-13H,11H2,1-2H3/t8-,9-/m1/s1. The van der Waals surface area contributed by atoms with Crippen LogP contribution in [0.4, 0.5) is 5.69 Å². The molecule has 0 saturated carbocycles. The van der Waals surface area contributed by atoms with E-state index in [1.54, 1.807) is 0 Å². The average molecular weight is 179 g/mol. The highest BCUT2D eigenvalue weighted by Crippen LogP contribution is 2.08. The van der Waals surface area contributed by atoms with Crippen LogP contribution in [0.1, 0.15) is 13.8 Å². The molecule has 1 rings (SSSR count). The van der Waals surface area contributed by atoms with Crippen LogP contribution >= 0.6 is 0 Å². The molecule has 0 aliphatic carbocycles. The minimum atomic E-state index is 0.250. The second-order valence-electron chi connectivity index (χ2n) is 3.25. The van der Waals surface area contributed by atoms with Crippen LogP contribution in [-0.2, 0) is 0 Å². The third kappa shape index (κ3) is 3.05. The molecule has 0 aliphatic heterocycles. The summed E-state index contributed by atoms with van der Waals surface area (Å²) in [6.07, 6.45) is 0. The fraction of sp³-hybridized carbons (Fsp3) is 0.400. The lowest BCUT2D eigenvalue weighted by atomic mass is 10.1. The van der Waals surface area contributed by atoms with Crippen LogP contribution in [0, 0.1) is 0 Å². The Hall–Kier alpha value is -1.06. The van der Waals surface area contributed by atoms with E-state index in [0.29, 0.717) is 6.04 Å². The normalized spacial score (nSPS) is 15.0. The van der Waals surface area contributed by atoms with Crippen molar-refractivity contribution < 1.29 is 0 Å². The highest BCUT2D eigenvalue weighted by molar-refractivity contribution is 5.43. The van der Waals surface area contributed by atoms with Gasteiger partial charge in [-0.15, -0.1) is 0 Å². The van der Waals surface area contributed by atoms with Crippen molar-refractivity contribution in [2.75, 3.05) is 5.32 Å². The summed E-state index contributed by atoms with van der Waals surface area (Å²) >= 11 is 0. The molecule has 0 amide bonds. The number of hydrogen-bond donors (Lipinski definition) is 3. The molecule has 0 spiro atoms. The quantitative estimate of drug-likeness (QED) is 0.483. The molecule has 0 heterocycles. The highest BCUT2D eigenvalue weighted by atomic mass is 15.2. The number of hydrazine groups is 1. The van der Waals surface area contributed by atoms with Crippen LogP contribution in [0.5, 0.6) is 0 Å². The first-order valence-electron chi connectivity index (χ1n) is 4.51. The maximum absolute atomic E-state index is 5.34. The summed E-state index contributed by atoms with van der Waals surface area (Å²) in [5, 5.41) is 3.35. The van der Waals surface area contributed by atoms with E-state index in [0.717, 1.165) is 5.69 Å². The zero-order valence-electron chi connectivity index (χ0n) is 8.12. The van der Waals surface area contributed by atoms with Crippen LogP contribution in [0.3, 0.4) is 0 Å². The Morgan fingerprint density at radius 1 is 1.08 bits per heavy atom. The molecule has 0 unspecified atom stereocenters. The summed E-state index contributed by atoms with van der Waals surface area (Å²) in [6, 6.07) is 10.7. The number of para-hydroxylation sites is 1. The van der Waals surface area contributed by atoms with Gasteiger partial charge in [0.1, 0.15) is 0 Å². The first-order valence-corrected chi connectivity index (χ1v) is 4.51. The van der Waals surface area contributed by atoms with E-state index in [9.17, 15) is 0 Å². The van der Waals surface area contributed by atoms with Crippen LogP contribution < -0.4 is 16.6 Å². The molecular formula is C10H17N3. The largest absolute Gasteiger partial charge is 0.381 e. The van der Waals surface area contributed by atoms with Crippen molar-refractivity contribution in [3.8, 4) is 0 Å². The third-order valence-corrected chi connectivity index (χ3v) is 2.18. The van der Waals surface area contributed by atoms with Crippen molar-refractivity contribution in [2.45, 2.75) is 25.9 Å². The van der Waals surface area contributed by atoms with Gasteiger partial charge in [0.05, 0.1) is 0 Å². The molecule has 0 radical (unpaired) electrons. The lowest BCUT2D eigenvalue weighted by Gasteiger charge is -2.21. The lowest BCUT2D eigenvalue weighted by Crippen LogP contribution is -2.43. The molecule has 0 bridgehead atoms. The molecule has 2 atom stereocenters. The minimum Gasteiger partial charge on any atom is -0.381 e. The maximum Gasteiger partial charge on any atom is 0.0397 e. The van der Waals surface area contributed by atoms with E-state index in [2.05, 4.69) is 17.7 Å². The van der Waals surface area contributed by atoms with Crippen molar-refractivity contribution in [3.63, 3.8) is 0 Å². The van der Waals surface area contributed by atoms with E-state index in [1.165, 1.54) is 0 Å². The summed E-state index contributed by atoms with van der Waals surface area (Å²) in [6.45, 7) is 4.14. The molecule has 3 nitrogen and oxygen atoms in total. The fourth-order valence-electron chi connectivity index (χ4n) is 1.07. The first-order chi connectivity index (χ1) is 6.24. The lowest BCUT2D eigenvalue weighted by molar-refractivity contribution is 0.513. The summed E-state index contributed by atoms with van der Waals surface area (Å²) in [7, 11) is 0. The van der Waals surface area contributed by atoms with Crippen molar-refractivity contribution in [1.29, 1.82) is 0 Å². The van der Waals surface area contributed by atoms with Crippen molar-refractivity contribution >= 4 is 5.69 Å². The van der Waals surface area contributed by atoms with Crippen LogP contribution in [-0.4, -0.2) is 12.1 Å². The van der Waals surface area contributed by atoms with E-state index in [-0.39, 0.29) is 6.04 Å². The van der Waals surface area contributed by atoms with Crippen LogP contribution in [0.15, 0.2) is 30.3 Å². The molecule has 0 aromatic heterocycles. The zero-order valence-corrected chi connectivity index (χ0v) is 8.12. The molecule has 0 fully saturated rings. The number of anilines is 1. The Kier molecular flexibility index (Phi) is 3.73. The number of hydrogen-bond acceptors (Lipinski definition) is 3. The Labute approximate surface area is 79.3 Å². The van der Waals surface area contributed by atoms with Gasteiger partial charge < -0.3 is 5.32 Å². The maximum atomic E-state index is 5.34. The van der Waals surface area contributed by atoms with E-state index < -0.39 is 0 Å². The monoisotopic (exact) mass is 179 g/mol. The molecule has 0 aliphatic rings. The van der Waals surface area contributed by atoms with E-state index in [4.69, 9.17) is 5.84 Å². The predicted molar refractivity (Wildman–Crippen MR) is 56.3 cm³/mol. The van der Waals surface area contributed by atoms with Crippen molar-refractivity contribution in [3.05, 3.63) is 30.3 Å². The fourth-order valence-corrected chi connectivity index (χ4v) is 1.07. The van der Waals surface area contributed by atoms with E-state index >= 15 is 0 Å². The van der Waals surface area contributed by atoms with Crippen molar-refractivity contribution in [1.82, 2.24) is 5.43 Å². The van der Waals surface area contributed by atoms with Gasteiger partial charge in [-0.05, 0) is 26.0 Å². The van der Waals surface area contributed by atoms with Crippen molar-refractivity contribution in [2.24, 2.45) is 5.84 Å². The molecule has 13 heavy (non-hydrogen) atoms. The number of nitrogens with two attached hydrogens (primary N) is 1. The molecule has 1 aromatic carbocycles. The summed E-state index contributed by atoms with van der Waals surface area (Å²) in [4.78, 5) is 0. The van der Waals surface area contributed by atoms with Gasteiger partial charge in [0.2, 0.25) is 0 Å². The molecule has 1 aromatic rings. The smallest absolute Gasteiger partial charge is 0.0397 e. The topological polar surface area (TPSA) is 50.1 Å². The van der Waals surface area contributed by atoms with Gasteiger partial charge in [-0.2, -0.15) is 0 Å². The molecule has 0 saturated heterocycles. The van der Waals surface area contributed by atoms with Gasteiger partial charge in [-0.25, -0.2) is 0 Å². The first kappa shape index (κ1) is 10.0. The molecular weight excluding hydrogens is 162 g/mol. The molecule has 3 heteroatoms. The molecule has 72 valence electrons.